The first-order chi connectivity index (χ1) is 8.35. The maximum absolute atomic E-state index is 12.2. The second-order valence-corrected chi connectivity index (χ2v) is 6.46. The van der Waals surface area contributed by atoms with E-state index in [1.165, 1.54) is 0 Å². The van der Waals surface area contributed by atoms with Crippen molar-refractivity contribution in [1.82, 2.24) is 0 Å². The highest BCUT2D eigenvalue weighted by Gasteiger charge is 2.27. The minimum absolute atomic E-state index is 0.0174. The monoisotopic (exact) mass is 266 g/mol. The fraction of sp³-hybridized carbons (Fsp3) is 0.500. The zero-order valence-electron chi connectivity index (χ0n) is 11.0. The van der Waals surface area contributed by atoms with Crippen LogP contribution in [-0.2, 0) is 4.79 Å². The van der Waals surface area contributed by atoms with Crippen LogP contribution in [-0.4, -0.2) is 12.5 Å². The Morgan fingerprint density at radius 2 is 2.06 bits per heavy atom. The summed E-state index contributed by atoms with van der Waals surface area (Å²) < 4.78 is 0. The van der Waals surface area contributed by atoms with Gasteiger partial charge in [-0.2, -0.15) is 0 Å². The van der Waals surface area contributed by atoms with Crippen LogP contribution in [0.3, 0.4) is 0 Å². The van der Waals surface area contributed by atoms with Crippen LogP contribution in [0.2, 0.25) is 5.02 Å². The fourth-order valence-electron chi connectivity index (χ4n) is 2.24. The summed E-state index contributed by atoms with van der Waals surface area (Å²) in [6.45, 7) is 7.11. The molecule has 0 aliphatic carbocycles. The number of hydrogen-bond donors (Lipinski definition) is 2. The summed E-state index contributed by atoms with van der Waals surface area (Å²) in [6.07, 6.45) is 0.855. The number of fused-ring (bicyclic) bond motifs is 1. The first-order valence-electron chi connectivity index (χ1n) is 6.19. The molecule has 18 heavy (non-hydrogen) atoms. The smallest absolute Gasteiger partial charge is 0.229 e. The number of anilines is 2. The fourth-order valence-corrected chi connectivity index (χ4v) is 2.41. The molecule has 1 amide bonds. The summed E-state index contributed by atoms with van der Waals surface area (Å²) in [6, 6.07) is 5.50. The zero-order valence-corrected chi connectivity index (χ0v) is 11.8. The van der Waals surface area contributed by atoms with Gasteiger partial charge in [-0.1, -0.05) is 32.4 Å². The molecule has 0 spiro atoms. The summed E-state index contributed by atoms with van der Waals surface area (Å²) in [7, 11) is 0. The molecule has 0 aromatic heterocycles. The molecule has 0 fully saturated rings. The van der Waals surface area contributed by atoms with E-state index in [9.17, 15) is 4.79 Å². The molecule has 1 unspecified atom stereocenters. The predicted octanol–water partition coefficient (Wildman–Crippen LogP) is 3.76. The Morgan fingerprint density at radius 3 is 2.72 bits per heavy atom. The second-order valence-electron chi connectivity index (χ2n) is 6.02. The van der Waals surface area contributed by atoms with Gasteiger partial charge in [0.25, 0.3) is 0 Å². The molecule has 0 saturated carbocycles. The Labute approximate surface area is 113 Å². The van der Waals surface area contributed by atoms with Gasteiger partial charge in [-0.15, -0.1) is 0 Å². The van der Waals surface area contributed by atoms with Crippen LogP contribution >= 0.6 is 11.6 Å². The summed E-state index contributed by atoms with van der Waals surface area (Å²) in [4.78, 5) is 12.2. The van der Waals surface area contributed by atoms with Crippen molar-refractivity contribution in [2.45, 2.75) is 27.2 Å². The lowest BCUT2D eigenvalue weighted by Crippen LogP contribution is -2.29. The lowest BCUT2D eigenvalue weighted by atomic mass is 9.84. The Hall–Kier alpha value is -1.22. The normalized spacial score (nSPS) is 19.6. The van der Waals surface area contributed by atoms with Crippen LogP contribution in [0.5, 0.6) is 0 Å². The van der Waals surface area contributed by atoms with Crippen molar-refractivity contribution in [3.8, 4) is 0 Å². The van der Waals surface area contributed by atoms with Crippen LogP contribution in [0.15, 0.2) is 18.2 Å². The summed E-state index contributed by atoms with van der Waals surface area (Å²) in [5, 5.41) is 6.89. The van der Waals surface area contributed by atoms with Gasteiger partial charge >= 0.3 is 0 Å². The molecule has 98 valence electrons. The van der Waals surface area contributed by atoms with Gasteiger partial charge in [0.1, 0.15) is 0 Å². The lowest BCUT2D eigenvalue weighted by molar-refractivity contribution is -0.120. The molecule has 0 saturated heterocycles. The van der Waals surface area contributed by atoms with Crippen LogP contribution in [0.25, 0.3) is 0 Å². The average Bonchev–Trinajstić information content (AvgIpc) is 2.37. The molecule has 1 aliphatic heterocycles. The molecule has 0 bridgehead atoms. The number of nitrogens with one attached hydrogen (secondary N) is 2. The van der Waals surface area contributed by atoms with E-state index in [1.54, 1.807) is 6.07 Å². The average molecular weight is 267 g/mol. The highest BCUT2D eigenvalue weighted by molar-refractivity contribution is 6.31. The summed E-state index contributed by atoms with van der Waals surface area (Å²) in [5.41, 5.74) is 1.84. The molecule has 2 rings (SSSR count). The van der Waals surface area contributed by atoms with E-state index in [-0.39, 0.29) is 17.2 Å². The second kappa shape index (κ2) is 4.81. The van der Waals surface area contributed by atoms with Gasteiger partial charge in [0, 0.05) is 11.6 Å². The lowest BCUT2D eigenvalue weighted by Gasteiger charge is -2.23. The van der Waals surface area contributed by atoms with Crippen LogP contribution in [0, 0.1) is 11.3 Å². The first kappa shape index (κ1) is 13.2. The molecule has 2 N–H and O–H groups in total. The third-order valence-corrected chi connectivity index (χ3v) is 3.24. The van der Waals surface area contributed by atoms with Gasteiger partial charge < -0.3 is 10.6 Å². The number of amides is 1. The molecular weight excluding hydrogens is 248 g/mol. The quantitative estimate of drug-likeness (QED) is 0.813. The van der Waals surface area contributed by atoms with Crippen molar-refractivity contribution in [3.63, 3.8) is 0 Å². The first-order valence-corrected chi connectivity index (χ1v) is 6.57. The van der Waals surface area contributed by atoms with Crippen molar-refractivity contribution in [2.75, 3.05) is 17.2 Å². The number of benzene rings is 1. The number of rotatable bonds is 1. The minimum atomic E-state index is -0.0174. The Kier molecular flexibility index (Phi) is 3.53. The van der Waals surface area contributed by atoms with E-state index in [4.69, 9.17) is 11.6 Å². The van der Waals surface area contributed by atoms with Crippen molar-refractivity contribution in [3.05, 3.63) is 23.2 Å². The molecular formula is C14H19ClN2O. The van der Waals surface area contributed by atoms with Crippen LogP contribution in [0.1, 0.15) is 27.2 Å². The van der Waals surface area contributed by atoms with Crippen molar-refractivity contribution in [1.29, 1.82) is 0 Å². The van der Waals surface area contributed by atoms with Gasteiger partial charge in [0.2, 0.25) is 5.91 Å². The van der Waals surface area contributed by atoms with E-state index < -0.39 is 0 Å². The van der Waals surface area contributed by atoms with E-state index >= 15 is 0 Å². The molecule has 4 heteroatoms. The number of halogens is 1. The molecule has 0 radical (unpaired) electrons. The van der Waals surface area contributed by atoms with Gasteiger partial charge in [-0.3, -0.25) is 4.79 Å². The third-order valence-electron chi connectivity index (χ3n) is 3.01. The summed E-state index contributed by atoms with van der Waals surface area (Å²) >= 11 is 5.94. The number of carbonyl (C=O) groups excluding carboxylic acids is 1. The molecule has 1 heterocycles. The van der Waals surface area contributed by atoms with Crippen LogP contribution < -0.4 is 10.6 Å². The molecule has 3 nitrogen and oxygen atoms in total. The Morgan fingerprint density at radius 1 is 1.33 bits per heavy atom. The molecule has 1 atom stereocenters. The molecule has 1 aromatic carbocycles. The van der Waals surface area contributed by atoms with Crippen LogP contribution in [0.4, 0.5) is 11.4 Å². The molecule has 1 aromatic rings. The van der Waals surface area contributed by atoms with Gasteiger partial charge in [-0.25, -0.2) is 0 Å². The van der Waals surface area contributed by atoms with Crippen molar-refractivity contribution in [2.24, 2.45) is 11.3 Å². The Bertz CT molecular complexity index is 465. The van der Waals surface area contributed by atoms with E-state index in [0.29, 0.717) is 11.6 Å². The predicted molar refractivity (Wildman–Crippen MR) is 76.1 cm³/mol. The zero-order chi connectivity index (χ0) is 13.3. The highest BCUT2D eigenvalue weighted by atomic mass is 35.5. The number of hydrogen-bond acceptors (Lipinski definition) is 2. The van der Waals surface area contributed by atoms with Gasteiger partial charge in [0.15, 0.2) is 0 Å². The SMILES string of the molecule is CC(C)(C)CC1CNc2ccc(Cl)cc2NC1=O. The van der Waals surface area contributed by atoms with E-state index in [2.05, 4.69) is 31.4 Å². The third kappa shape index (κ3) is 3.16. The van der Waals surface area contributed by atoms with Gasteiger partial charge in [-0.05, 0) is 30.0 Å². The minimum Gasteiger partial charge on any atom is -0.383 e. The summed E-state index contributed by atoms with van der Waals surface area (Å²) in [5.74, 6) is 0.0506. The maximum atomic E-state index is 12.2. The van der Waals surface area contributed by atoms with E-state index in [1.807, 2.05) is 12.1 Å². The van der Waals surface area contributed by atoms with Gasteiger partial charge in [0.05, 0.1) is 17.3 Å². The number of carbonyl (C=O) groups is 1. The topological polar surface area (TPSA) is 41.1 Å². The standard InChI is InChI=1S/C14H19ClN2O/c1-14(2,3)7-9-8-16-11-5-4-10(15)6-12(11)17-13(9)18/h4-6,9,16H,7-8H2,1-3H3,(H,17,18). The van der Waals surface area contributed by atoms with E-state index in [0.717, 1.165) is 17.8 Å². The van der Waals surface area contributed by atoms with Crippen molar-refractivity contribution < 1.29 is 4.79 Å². The maximum Gasteiger partial charge on any atom is 0.229 e. The highest BCUT2D eigenvalue weighted by Crippen LogP contribution is 2.32. The molecule has 1 aliphatic rings. The Balaban J connectivity index is 2.19. The largest absolute Gasteiger partial charge is 0.383 e. The van der Waals surface area contributed by atoms with Crippen molar-refractivity contribution >= 4 is 28.9 Å².